The van der Waals surface area contributed by atoms with Crippen LogP contribution in [-0.4, -0.2) is 37.0 Å². The molecule has 8 nitrogen and oxygen atoms in total. The fraction of sp³-hybridized carbons (Fsp3) is 0.211. The van der Waals surface area contributed by atoms with Crippen molar-refractivity contribution in [1.29, 1.82) is 5.26 Å². The predicted octanol–water partition coefficient (Wildman–Crippen LogP) is 3.35. The maximum atomic E-state index is 13.6. The van der Waals surface area contributed by atoms with Gasteiger partial charge < -0.3 is 10.6 Å². The summed E-state index contributed by atoms with van der Waals surface area (Å²) in [6.07, 6.45) is -4.05. The van der Waals surface area contributed by atoms with Gasteiger partial charge in [-0.15, -0.1) is 0 Å². The molecule has 0 atom stereocenters. The second-order valence-electron chi connectivity index (χ2n) is 6.79. The van der Waals surface area contributed by atoms with Crippen LogP contribution in [0.25, 0.3) is 5.57 Å². The van der Waals surface area contributed by atoms with E-state index in [1.165, 1.54) is 24.4 Å². The molecule has 4 N–H and O–H groups in total. The van der Waals surface area contributed by atoms with Crippen molar-refractivity contribution < 1.29 is 30.4 Å². The van der Waals surface area contributed by atoms with Crippen LogP contribution in [0.15, 0.2) is 57.6 Å². The van der Waals surface area contributed by atoms with Crippen LogP contribution < -0.4 is 15.8 Å². The molecule has 0 unspecified atom stereocenters. The van der Waals surface area contributed by atoms with E-state index in [-0.39, 0.29) is 27.1 Å². The van der Waals surface area contributed by atoms with Crippen LogP contribution in [0.5, 0.6) is 0 Å². The largest absolute Gasteiger partial charge is 0.459 e. The molecule has 2 heterocycles. The summed E-state index contributed by atoms with van der Waals surface area (Å²) < 4.78 is 87.5. The minimum Gasteiger partial charge on any atom is -0.354 e. The second kappa shape index (κ2) is 9.57. The van der Waals surface area contributed by atoms with E-state index in [2.05, 4.69) is 15.3 Å². The predicted molar refractivity (Wildman–Crippen MR) is 114 cm³/mol. The maximum Gasteiger partial charge on any atom is 0.459 e. The molecule has 1 aromatic heterocycles. The number of hydrogen-bond donors (Lipinski definition) is 3. The topological polar surface area (TPSA) is 134 Å². The van der Waals surface area contributed by atoms with Crippen molar-refractivity contribution in [2.75, 3.05) is 11.9 Å². The number of thioether (sulfide) groups is 1. The van der Waals surface area contributed by atoms with Crippen LogP contribution in [0, 0.1) is 11.3 Å². The Balaban J connectivity index is 1.69. The number of hydrogen-bond acceptors (Lipinski definition) is 8. The Kier molecular flexibility index (Phi) is 7.15. The van der Waals surface area contributed by atoms with E-state index in [0.717, 1.165) is 5.56 Å². The third-order valence-electron chi connectivity index (χ3n) is 4.44. The molecule has 15 heteroatoms. The highest BCUT2D eigenvalue weighted by Gasteiger charge is 2.61. The molecule has 0 bridgehead atoms. The minimum absolute atomic E-state index is 0.0116. The van der Waals surface area contributed by atoms with Crippen LogP contribution in [0.3, 0.4) is 0 Å². The lowest BCUT2D eigenvalue weighted by Crippen LogP contribution is -2.41. The Morgan fingerprint density at radius 2 is 1.85 bits per heavy atom. The summed E-state index contributed by atoms with van der Waals surface area (Å²) in [6, 6.07) is 8.97. The lowest BCUT2D eigenvalue weighted by Gasteiger charge is -2.20. The molecule has 0 aliphatic carbocycles. The van der Waals surface area contributed by atoms with Crippen LogP contribution in [-0.2, 0) is 16.4 Å². The third kappa shape index (κ3) is 5.64. The molecule has 180 valence electrons. The van der Waals surface area contributed by atoms with Gasteiger partial charge in [-0.1, -0.05) is 23.9 Å². The van der Waals surface area contributed by atoms with E-state index in [4.69, 9.17) is 5.14 Å². The molecule has 0 saturated heterocycles. The fourth-order valence-electron chi connectivity index (χ4n) is 2.70. The summed E-state index contributed by atoms with van der Waals surface area (Å²) in [7, 11) is -3.80. The van der Waals surface area contributed by atoms with Crippen LogP contribution in [0.4, 0.5) is 27.9 Å². The summed E-state index contributed by atoms with van der Waals surface area (Å²) in [5.41, 5.74) is -0.823. The van der Waals surface area contributed by atoms with E-state index < -0.39 is 27.8 Å². The average molecular weight is 518 g/mol. The first-order valence-electron chi connectivity index (χ1n) is 9.25. The third-order valence-corrected chi connectivity index (χ3v) is 6.26. The molecule has 0 radical (unpaired) electrons. The van der Waals surface area contributed by atoms with Crippen molar-refractivity contribution in [1.82, 2.24) is 15.3 Å². The molecule has 1 aliphatic rings. The Morgan fingerprint density at radius 3 is 2.44 bits per heavy atom. The molecule has 0 fully saturated rings. The van der Waals surface area contributed by atoms with Crippen LogP contribution in [0.2, 0.25) is 0 Å². The maximum absolute atomic E-state index is 13.6. The molecule has 0 amide bonds. The molecule has 1 aromatic carbocycles. The number of nitrogens with one attached hydrogen (secondary N) is 2. The fourth-order valence-corrected chi connectivity index (χ4v) is 4.09. The van der Waals surface area contributed by atoms with E-state index >= 15 is 0 Å². The lowest BCUT2D eigenvalue weighted by molar-refractivity contribution is -0.265. The normalized spacial score (nSPS) is 15.9. The molecule has 1 aliphatic heterocycles. The number of primary sulfonamides is 1. The zero-order valence-electron chi connectivity index (χ0n) is 16.9. The lowest BCUT2D eigenvalue weighted by atomic mass is 10.1. The first-order chi connectivity index (χ1) is 15.8. The summed E-state index contributed by atoms with van der Waals surface area (Å²) >= 11 is 0.516. The van der Waals surface area contributed by atoms with Gasteiger partial charge in [0.05, 0.1) is 15.6 Å². The summed E-state index contributed by atoms with van der Waals surface area (Å²) in [5.74, 6) is -5.02. The Labute approximate surface area is 194 Å². The number of sulfonamides is 1. The van der Waals surface area contributed by atoms with E-state index in [1.54, 1.807) is 18.2 Å². The number of rotatable bonds is 7. The van der Waals surface area contributed by atoms with Gasteiger partial charge in [0.2, 0.25) is 16.0 Å². The number of anilines is 1. The quantitative estimate of drug-likeness (QED) is 0.375. The molecule has 0 saturated carbocycles. The zero-order valence-corrected chi connectivity index (χ0v) is 18.5. The van der Waals surface area contributed by atoms with E-state index in [0.29, 0.717) is 30.1 Å². The highest BCUT2D eigenvalue weighted by Crippen LogP contribution is 2.45. The van der Waals surface area contributed by atoms with Crippen molar-refractivity contribution in [2.24, 2.45) is 5.14 Å². The molecule has 2 aromatic rings. The number of aromatic nitrogens is 2. The van der Waals surface area contributed by atoms with Crippen LogP contribution >= 0.6 is 11.8 Å². The minimum atomic E-state index is -5.79. The molecule has 34 heavy (non-hydrogen) atoms. The summed E-state index contributed by atoms with van der Waals surface area (Å²) in [5, 5.41) is 19.7. The van der Waals surface area contributed by atoms with Gasteiger partial charge in [0.1, 0.15) is 17.3 Å². The van der Waals surface area contributed by atoms with Gasteiger partial charge in [0.25, 0.3) is 0 Å². The Hall–Kier alpha value is -3.22. The monoisotopic (exact) mass is 518 g/mol. The molecular weight excluding hydrogens is 503 g/mol. The summed E-state index contributed by atoms with van der Waals surface area (Å²) in [6.45, 7) is 0.313. The smallest absolute Gasteiger partial charge is 0.354 e. The Bertz CT molecular complexity index is 1290. The van der Waals surface area contributed by atoms with Crippen molar-refractivity contribution in [3.63, 3.8) is 0 Å². The number of alkyl halides is 5. The number of allylic oxidation sites excluding steroid dienone is 2. The average Bonchev–Trinajstić information content (AvgIpc) is 3.24. The number of halogens is 5. The van der Waals surface area contributed by atoms with Gasteiger partial charge in [-0.2, -0.15) is 27.2 Å². The van der Waals surface area contributed by atoms with Gasteiger partial charge in [-0.25, -0.2) is 23.5 Å². The van der Waals surface area contributed by atoms with Gasteiger partial charge in [0, 0.05) is 18.1 Å². The van der Waals surface area contributed by atoms with Crippen molar-refractivity contribution in [3.8, 4) is 6.07 Å². The van der Waals surface area contributed by atoms with E-state index in [1.807, 2.05) is 5.32 Å². The molecule has 0 spiro atoms. The standard InChI is InChI=1S/C19H15F5N6O2S2/c20-18(21,19(22,23)24)15-10-33-16(30-15)13(9-25)14-6-8-28-17(29-14)27-7-5-11-1-3-12(4-2-11)34(26,31)32/h1-4,6,8,10,30H,5,7H2,(H2,26,31,32)(H,27,28,29)/b16-13-. The van der Waals surface area contributed by atoms with Gasteiger partial charge in [0.15, 0.2) is 0 Å². The SMILES string of the molecule is N#C/C(=C1\NC(C(F)(F)C(F)(F)F)=CS1)c1ccnc(NCCc2ccc(S(N)(=O)=O)cc2)n1. The Morgan fingerprint density at radius 1 is 1.18 bits per heavy atom. The first-order valence-corrected chi connectivity index (χ1v) is 11.7. The van der Waals surface area contributed by atoms with Gasteiger partial charge in [-0.3, -0.25) is 0 Å². The number of nitriles is 1. The number of nitrogens with zero attached hydrogens (tertiary/aromatic N) is 3. The molecular formula is C19H15F5N6O2S2. The molecule has 3 rings (SSSR count). The van der Waals surface area contributed by atoms with Crippen molar-refractivity contribution in [2.45, 2.75) is 23.4 Å². The second-order valence-corrected chi connectivity index (χ2v) is 9.23. The summed E-state index contributed by atoms with van der Waals surface area (Å²) in [4.78, 5) is 8.08. The number of benzene rings is 1. The van der Waals surface area contributed by atoms with Gasteiger partial charge >= 0.3 is 12.1 Å². The highest BCUT2D eigenvalue weighted by atomic mass is 32.2. The van der Waals surface area contributed by atoms with Gasteiger partial charge in [-0.05, 0) is 30.2 Å². The first kappa shape index (κ1) is 25.4. The van der Waals surface area contributed by atoms with Crippen LogP contribution in [0.1, 0.15) is 11.3 Å². The zero-order chi connectivity index (χ0) is 25.1. The van der Waals surface area contributed by atoms with E-state index in [9.17, 15) is 35.6 Å². The van der Waals surface area contributed by atoms with Crippen molar-refractivity contribution in [3.05, 3.63) is 63.9 Å². The van der Waals surface area contributed by atoms with Crippen molar-refractivity contribution >= 4 is 33.3 Å². The highest BCUT2D eigenvalue weighted by molar-refractivity contribution is 8.06. The number of nitrogens with two attached hydrogens (primary N) is 1.